The van der Waals surface area contributed by atoms with E-state index in [0.29, 0.717) is 24.3 Å². The average molecular weight is 420 g/mol. The molecule has 1 aliphatic carbocycles. The molecule has 0 bridgehead atoms. The molecule has 0 unspecified atom stereocenters. The van der Waals surface area contributed by atoms with Crippen LogP contribution in [0.2, 0.25) is 0 Å². The van der Waals surface area contributed by atoms with Crippen molar-refractivity contribution >= 4 is 23.4 Å². The molecule has 1 N–H and O–H groups in total. The Labute approximate surface area is 183 Å². The summed E-state index contributed by atoms with van der Waals surface area (Å²) >= 11 is 0. The maximum Gasteiger partial charge on any atom is 0.256 e. The molecule has 6 heteroatoms. The molecule has 1 atom stereocenters. The molecule has 1 saturated carbocycles. The van der Waals surface area contributed by atoms with Gasteiger partial charge in [-0.25, -0.2) is 0 Å². The average Bonchev–Trinajstić information content (AvgIpc) is 3.44. The van der Waals surface area contributed by atoms with Crippen LogP contribution in [0.3, 0.4) is 0 Å². The second-order valence-electron chi connectivity index (χ2n) is 8.57. The van der Waals surface area contributed by atoms with Crippen LogP contribution < -0.4 is 5.32 Å². The number of amides is 3. The number of nitrogens with zero attached hydrogens (tertiary/aromatic N) is 2. The first-order valence-corrected chi connectivity index (χ1v) is 11.0. The van der Waals surface area contributed by atoms with E-state index in [4.69, 9.17) is 0 Å². The number of likely N-dealkylation sites (tertiary alicyclic amines) is 1. The highest BCUT2D eigenvalue weighted by molar-refractivity contribution is 6.05. The molecular formula is C25H29N3O3. The number of carbonyl (C=O) groups excluding carboxylic acids is 3. The van der Waals surface area contributed by atoms with Crippen LogP contribution in [0, 0.1) is 5.92 Å². The molecule has 2 aliphatic rings. The molecule has 0 spiro atoms. The van der Waals surface area contributed by atoms with E-state index in [1.165, 1.54) is 0 Å². The summed E-state index contributed by atoms with van der Waals surface area (Å²) in [5.41, 5.74) is 1.98. The Balaban J connectivity index is 1.43. The first kappa shape index (κ1) is 21.1. The predicted molar refractivity (Wildman–Crippen MR) is 119 cm³/mol. The Kier molecular flexibility index (Phi) is 6.35. The van der Waals surface area contributed by atoms with Crippen molar-refractivity contribution in [2.24, 2.45) is 5.92 Å². The zero-order valence-electron chi connectivity index (χ0n) is 17.9. The van der Waals surface area contributed by atoms with Crippen LogP contribution in [0.5, 0.6) is 0 Å². The Morgan fingerprint density at radius 2 is 1.71 bits per heavy atom. The van der Waals surface area contributed by atoms with Gasteiger partial charge >= 0.3 is 0 Å². The van der Waals surface area contributed by atoms with Gasteiger partial charge in [0.05, 0.1) is 17.2 Å². The van der Waals surface area contributed by atoms with Gasteiger partial charge in [0, 0.05) is 32.6 Å². The normalized spacial score (nSPS) is 18.9. The summed E-state index contributed by atoms with van der Waals surface area (Å²) in [6.45, 7) is 0.953. The minimum atomic E-state index is -0.377. The van der Waals surface area contributed by atoms with Crippen molar-refractivity contribution in [1.82, 2.24) is 9.80 Å². The second-order valence-corrected chi connectivity index (χ2v) is 8.57. The summed E-state index contributed by atoms with van der Waals surface area (Å²) in [4.78, 5) is 42.0. The lowest BCUT2D eigenvalue weighted by molar-refractivity contribution is -0.129. The van der Waals surface area contributed by atoms with Crippen molar-refractivity contribution in [2.75, 3.05) is 18.9 Å². The fourth-order valence-electron chi connectivity index (χ4n) is 4.62. The molecule has 2 aromatic rings. The summed E-state index contributed by atoms with van der Waals surface area (Å²) in [7, 11) is 1.75. The van der Waals surface area contributed by atoms with Gasteiger partial charge in [-0.3, -0.25) is 14.4 Å². The highest BCUT2D eigenvalue weighted by Gasteiger charge is 2.38. The lowest BCUT2D eigenvalue weighted by Gasteiger charge is -2.24. The molecule has 0 radical (unpaired) electrons. The fraction of sp³-hybridized carbons (Fsp3) is 0.400. The van der Waals surface area contributed by atoms with Crippen molar-refractivity contribution < 1.29 is 14.4 Å². The van der Waals surface area contributed by atoms with Gasteiger partial charge in [0.2, 0.25) is 11.8 Å². The van der Waals surface area contributed by atoms with E-state index in [-0.39, 0.29) is 36.1 Å². The van der Waals surface area contributed by atoms with Crippen molar-refractivity contribution in [3.63, 3.8) is 0 Å². The third-order valence-corrected chi connectivity index (χ3v) is 6.32. The number of benzene rings is 2. The van der Waals surface area contributed by atoms with Crippen molar-refractivity contribution in [2.45, 2.75) is 44.7 Å². The summed E-state index contributed by atoms with van der Waals surface area (Å²) < 4.78 is 0. The van der Waals surface area contributed by atoms with Crippen LogP contribution in [0.4, 0.5) is 5.69 Å². The second kappa shape index (κ2) is 9.33. The SMILES string of the molecule is CN(Cc1ccccc1)C(=O)c1ccccc1NC(=O)[C@@H]1CC(=O)N(C2CCCC2)C1. The Hall–Kier alpha value is -3.15. The third-order valence-electron chi connectivity index (χ3n) is 6.32. The van der Waals surface area contributed by atoms with Crippen LogP contribution in [0.1, 0.15) is 48.0 Å². The van der Waals surface area contributed by atoms with Gasteiger partial charge < -0.3 is 15.1 Å². The first-order chi connectivity index (χ1) is 15.0. The number of carbonyl (C=O) groups is 3. The molecule has 31 heavy (non-hydrogen) atoms. The molecule has 4 rings (SSSR count). The topological polar surface area (TPSA) is 69.7 Å². The van der Waals surface area contributed by atoms with Gasteiger partial charge in [0.1, 0.15) is 0 Å². The van der Waals surface area contributed by atoms with E-state index < -0.39 is 0 Å². The smallest absolute Gasteiger partial charge is 0.256 e. The molecule has 1 heterocycles. The maximum absolute atomic E-state index is 13.1. The lowest BCUT2D eigenvalue weighted by atomic mass is 10.1. The zero-order valence-corrected chi connectivity index (χ0v) is 17.9. The minimum absolute atomic E-state index is 0.0685. The molecule has 1 saturated heterocycles. The molecule has 162 valence electrons. The number of rotatable bonds is 6. The molecule has 2 aromatic carbocycles. The zero-order chi connectivity index (χ0) is 21.8. The van der Waals surface area contributed by atoms with Gasteiger partial charge in [0.25, 0.3) is 5.91 Å². The Bertz CT molecular complexity index is 953. The summed E-state index contributed by atoms with van der Waals surface area (Å²) in [6, 6.07) is 17.1. The Morgan fingerprint density at radius 3 is 2.45 bits per heavy atom. The number of hydrogen-bond acceptors (Lipinski definition) is 3. The standard InChI is InChI=1S/C25H29N3O3/c1-27(16-18-9-3-2-4-10-18)25(31)21-13-7-8-14-22(21)26-24(30)19-15-23(29)28(17-19)20-11-5-6-12-20/h2-4,7-10,13-14,19-20H,5-6,11-12,15-17H2,1H3,(H,26,30)/t19-/m1/s1. The quantitative estimate of drug-likeness (QED) is 0.776. The van der Waals surface area contributed by atoms with E-state index in [2.05, 4.69) is 5.32 Å². The van der Waals surface area contributed by atoms with Crippen LogP contribution in [-0.2, 0) is 16.1 Å². The fourth-order valence-corrected chi connectivity index (χ4v) is 4.62. The minimum Gasteiger partial charge on any atom is -0.339 e. The molecule has 6 nitrogen and oxygen atoms in total. The highest BCUT2D eigenvalue weighted by Crippen LogP contribution is 2.30. The van der Waals surface area contributed by atoms with Crippen LogP contribution in [-0.4, -0.2) is 47.2 Å². The summed E-state index contributed by atoms with van der Waals surface area (Å²) in [5.74, 6) is -0.660. The number of nitrogens with one attached hydrogen (secondary N) is 1. The van der Waals surface area contributed by atoms with E-state index in [1.54, 1.807) is 36.2 Å². The molecule has 2 fully saturated rings. The Morgan fingerprint density at radius 1 is 1.03 bits per heavy atom. The lowest BCUT2D eigenvalue weighted by Crippen LogP contribution is -2.35. The molecule has 0 aromatic heterocycles. The maximum atomic E-state index is 13.1. The monoisotopic (exact) mass is 419 g/mol. The van der Waals surface area contributed by atoms with Gasteiger partial charge in [-0.2, -0.15) is 0 Å². The van der Waals surface area contributed by atoms with E-state index >= 15 is 0 Å². The van der Waals surface area contributed by atoms with Crippen LogP contribution in [0.15, 0.2) is 54.6 Å². The largest absolute Gasteiger partial charge is 0.339 e. The van der Waals surface area contributed by atoms with E-state index in [9.17, 15) is 14.4 Å². The molecule has 3 amide bonds. The molecular weight excluding hydrogens is 390 g/mol. The van der Waals surface area contributed by atoms with Gasteiger partial charge in [0.15, 0.2) is 0 Å². The predicted octanol–water partition coefficient (Wildman–Crippen LogP) is 3.69. The number of anilines is 1. The van der Waals surface area contributed by atoms with Crippen molar-refractivity contribution in [3.8, 4) is 0 Å². The van der Waals surface area contributed by atoms with Crippen LogP contribution in [0.25, 0.3) is 0 Å². The summed E-state index contributed by atoms with van der Waals surface area (Å²) in [5, 5.41) is 2.92. The van der Waals surface area contributed by atoms with Gasteiger partial charge in [-0.1, -0.05) is 55.3 Å². The van der Waals surface area contributed by atoms with Crippen LogP contribution >= 0.6 is 0 Å². The van der Waals surface area contributed by atoms with Crippen molar-refractivity contribution in [1.29, 1.82) is 0 Å². The first-order valence-electron chi connectivity index (χ1n) is 11.0. The summed E-state index contributed by atoms with van der Waals surface area (Å²) in [6.07, 6.45) is 4.61. The highest BCUT2D eigenvalue weighted by atomic mass is 16.2. The molecule has 1 aliphatic heterocycles. The number of para-hydroxylation sites is 1. The third kappa shape index (κ3) is 4.79. The van der Waals surface area contributed by atoms with Crippen molar-refractivity contribution in [3.05, 3.63) is 65.7 Å². The van der Waals surface area contributed by atoms with Gasteiger partial charge in [-0.05, 0) is 30.5 Å². The van der Waals surface area contributed by atoms with Gasteiger partial charge in [-0.15, -0.1) is 0 Å². The van der Waals surface area contributed by atoms with E-state index in [0.717, 1.165) is 31.2 Å². The number of hydrogen-bond donors (Lipinski definition) is 1. The van der Waals surface area contributed by atoms with E-state index in [1.807, 2.05) is 35.2 Å².